The van der Waals surface area contributed by atoms with E-state index in [0.717, 1.165) is 6.42 Å². The number of rotatable bonds is 3. The van der Waals surface area contributed by atoms with E-state index in [1.165, 1.54) is 24.0 Å². The zero-order valence-corrected chi connectivity index (χ0v) is 10.3. The fourth-order valence-corrected chi connectivity index (χ4v) is 2.53. The van der Waals surface area contributed by atoms with Crippen molar-refractivity contribution in [1.29, 1.82) is 0 Å². The van der Waals surface area contributed by atoms with E-state index >= 15 is 0 Å². The molecule has 92 valence electrons. The molecular formula is C14H18O3. The molecule has 1 aliphatic carbocycles. The molecule has 1 aromatic carbocycles. The van der Waals surface area contributed by atoms with Crippen LogP contribution in [-0.2, 0) is 16.6 Å². The summed E-state index contributed by atoms with van der Waals surface area (Å²) >= 11 is 0. The van der Waals surface area contributed by atoms with Gasteiger partial charge in [0, 0.05) is 0 Å². The molecule has 2 rings (SSSR count). The minimum atomic E-state index is -0.942. The molecule has 3 heteroatoms. The van der Waals surface area contributed by atoms with E-state index < -0.39 is 5.97 Å². The summed E-state index contributed by atoms with van der Waals surface area (Å²) in [5, 5.41) is 8.57. The third-order valence-corrected chi connectivity index (χ3v) is 3.42. The number of fused-ring (bicyclic) bond motifs is 1. The zero-order chi connectivity index (χ0) is 12.5. The predicted octanol–water partition coefficient (Wildman–Crippen LogP) is 2.76. The maximum atomic E-state index is 10.4. The first-order chi connectivity index (χ1) is 7.99. The molecule has 1 N–H and O–H groups in total. The largest absolute Gasteiger partial charge is 0.482 e. The highest BCUT2D eigenvalue weighted by Crippen LogP contribution is 2.37. The average Bonchev–Trinajstić information content (AvgIpc) is 2.25. The molecular weight excluding hydrogens is 216 g/mol. The lowest BCUT2D eigenvalue weighted by molar-refractivity contribution is -0.139. The molecule has 0 fully saturated rings. The van der Waals surface area contributed by atoms with Crippen LogP contribution in [0.3, 0.4) is 0 Å². The van der Waals surface area contributed by atoms with Gasteiger partial charge in [-0.1, -0.05) is 19.9 Å². The normalized spacial score (nSPS) is 17.3. The lowest BCUT2D eigenvalue weighted by Crippen LogP contribution is -2.23. The summed E-state index contributed by atoms with van der Waals surface area (Å²) in [5.41, 5.74) is 2.88. The van der Waals surface area contributed by atoms with E-state index in [4.69, 9.17) is 9.84 Å². The fraction of sp³-hybridized carbons (Fsp3) is 0.500. The van der Waals surface area contributed by atoms with Crippen LogP contribution in [0.4, 0.5) is 0 Å². The number of benzene rings is 1. The SMILES string of the molecule is CC1(C)CCCc2cc(OCC(=O)O)ccc21. The minimum Gasteiger partial charge on any atom is -0.482 e. The van der Waals surface area contributed by atoms with Crippen molar-refractivity contribution in [1.82, 2.24) is 0 Å². The lowest BCUT2D eigenvalue weighted by Gasteiger charge is -2.32. The highest BCUT2D eigenvalue weighted by atomic mass is 16.5. The van der Waals surface area contributed by atoms with E-state index in [1.807, 2.05) is 12.1 Å². The molecule has 0 aliphatic heterocycles. The van der Waals surface area contributed by atoms with Crippen molar-refractivity contribution in [3.8, 4) is 5.75 Å². The van der Waals surface area contributed by atoms with Gasteiger partial charge in [0.15, 0.2) is 6.61 Å². The quantitative estimate of drug-likeness (QED) is 0.874. The summed E-state index contributed by atoms with van der Waals surface area (Å²) in [6, 6.07) is 5.93. The first kappa shape index (κ1) is 12.0. The summed E-state index contributed by atoms with van der Waals surface area (Å²) in [4.78, 5) is 10.4. The van der Waals surface area contributed by atoms with Crippen molar-refractivity contribution < 1.29 is 14.6 Å². The second kappa shape index (κ2) is 4.40. The van der Waals surface area contributed by atoms with Crippen LogP contribution in [0.2, 0.25) is 0 Å². The standard InChI is InChI=1S/C14H18O3/c1-14(2)7-3-4-10-8-11(5-6-12(10)14)17-9-13(15)16/h5-6,8H,3-4,7,9H2,1-2H3,(H,15,16). The highest BCUT2D eigenvalue weighted by molar-refractivity contribution is 5.68. The van der Waals surface area contributed by atoms with Crippen LogP contribution in [-0.4, -0.2) is 17.7 Å². The van der Waals surface area contributed by atoms with Crippen molar-refractivity contribution in [3.05, 3.63) is 29.3 Å². The van der Waals surface area contributed by atoms with Crippen LogP contribution in [0.1, 0.15) is 37.8 Å². The monoisotopic (exact) mass is 234 g/mol. The molecule has 3 nitrogen and oxygen atoms in total. The van der Waals surface area contributed by atoms with Gasteiger partial charge in [0.05, 0.1) is 0 Å². The Balaban J connectivity index is 2.22. The Labute approximate surface area is 101 Å². The van der Waals surface area contributed by atoms with E-state index in [1.54, 1.807) is 0 Å². The van der Waals surface area contributed by atoms with Gasteiger partial charge in [-0.05, 0) is 47.9 Å². The van der Waals surface area contributed by atoms with Crippen molar-refractivity contribution in [2.75, 3.05) is 6.61 Å². The highest BCUT2D eigenvalue weighted by Gasteiger charge is 2.27. The van der Waals surface area contributed by atoms with Gasteiger partial charge in [-0.25, -0.2) is 4.79 Å². The number of hydrogen-bond acceptors (Lipinski definition) is 2. The third-order valence-electron chi connectivity index (χ3n) is 3.42. The van der Waals surface area contributed by atoms with Gasteiger partial charge in [-0.15, -0.1) is 0 Å². The number of aryl methyl sites for hydroxylation is 1. The van der Waals surface area contributed by atoms with E-state index in [-0.39, 0.29) is 12.0 Å². The summed E-state index contributed by atoms with van der Waals surface area (Å²) in [6.45, 7) is 4.23. The molecule has 0 saturated heterocycles. The Hall–Kier alpha value is -1.51. The first-order valence-electron chi connectivity index (χ1n) is 5.97. The summed E-state index contributed by atoms with van der Waals surface area (Å²) in [5.74, 6) is -0.285. The second-order valence-electron chi connectivity index (χ2n) is 5.24. The molecule has 1 aromatic rings. The number of hydrogen-bond donors (Lipinski definition) is 1. The molecule has 0 atom stereocenters. The summed E-state index contributed by atoms with van der Waals surface area (Å²) in [7, 11) is 0. The minimum absolute atomic E-state index is 0.221. The van der Waals surface area contributed by atoms with Gasteiger partial charge in [0.25, 0.3) is 0 Å². The van der Waals surface area contributed by atoms with Gasteiger partial charge < -0.3 is 9.84 Å². The van der Waals surface area contributed by atoms with Crippen molar-refractivity contribution in [3.63, 3.8) is 0 Å². The fourth-order valence-electron chi connectivity index (χ4n) is 2.53. The van der Waals surface area contributed by atoms with Gasteiger partial charge in [-0.2, -0.15) is 0 Å². The predicted molar refractivity (Wildman–Crippen MR) is 65.5 cm³/mol. The topological polar surface area (TPSA) is 46.5 Å². The van der Waals surface area contributed by atoms with E-state index in [9.17, 15) is 4.79 Å². The zero-order valence-electron chi connectivity index (χ0n) is 10.3. The van der Waals surface area contributed by atoms with Crippen LogP contribution >= 0.6 is 0 Å². The summed E-state index contributed by atoms with van der Waals surface area (Å²) in [6.07, 6.45) is 3.45. The van der Waals surface area contributed by atoms with Crippen LogP contribution in [0.5, 0.6) is 5.75 Å². The molecule has 0 saturated carbocycles. The third kappa shape index (κ3) is 2.60. The van der Waals surface area contributed by atoms with Crippen molar-refractivity contribution >= 4 is 5.97 Å². The van der Waals surface area contributed by atoms with E-state index in [2.05, 4.69) is 19.9 Å². The molecule has 0 radical (unpaired) electrons. The number of ether oxygens (including phenoxy) is 1. The Kier molecular flexibility index (Phi) is 3.09. The van der Waals surface area contributed by atoms with Crippen LogP contribution in [0.25, 0.3) is 0 Å². The maximum absolute atomic E-state index is 10.4. The van der Waals surface area contributed by atoms with E-state index in [0.29, 0.717) is 5.75 Å². The second-order valence-corrected chi connectivity index (χ2v) is 5.24. The molecule has 17 heavy (non-hydrogen) atoms. The number of carboxylic acid groups (broad SMARTS) is 1. The molecule has 0 spiro atoms. The molecule has 1 aliphatic rings. The van der Waals surface area contributed by atoms with Crippen LogP contribution in [0.15, 0.2) is 18.2 Å². The van der Waals surface area contributed by atoms with Gasteiger partial charge in [0.1, 0.15) is 5.75 Å². The molecule has 0 aromatic heterocycles. The van der Waals surface area contributed by atoms with Gasteiger partial charge in [0.2, 0.25) is 0 Å². The number of aliphatic carboxylic acids is 1. The smallest absolute Gasteiger partial charge is 0.341 e. The Morgan fingerprint density at radius 1 is 1.47 bits per heavy atom. The molecule has 0 unspecified atom stereocenters. The Morgan fingerprint density at radius 3 is 2.94 bits per heavy atom. The average molecular weight is 234 g/mol. The number of carboxylic acids is 1. The van der Waals surface area contributed by atoms with Gasteiger partial charge >= 0.3 is 5.97 Å². The Bertz CT molecular complexity index is 435. The Morgan fingerprint density at radius 2 is 2.24 bits per heavy atom. The maximum Gasteiger partial charge on any atom is 0.341 e. The summed E-state index contributed by atoms with van der Waals surface area (Å²) < 4.78 is 5.20. The molecule has 0 bridgehead atoms. The molecule has 0 amide bonds. The van der Waals surface area contributed by atoms with Crippen LogP contribution in [0, 0.1) is 0 Å². The first-order valence-corrected chi connectivity index (χ1v) is 5.97. The van der Waals surface area contributed by atoms with Gasteiger partial charge in [-0.3, -0.25) is 0 Å². The number of carbonyl (C=O) groups is 1. The van der Waals surface area contributed by atoms with Crippen molar-refractivity contribution in [2.24, 2.45) is 0 Å². The molecule has 0 heterocycles. The van der Waals surface area contributed by atoms with Crippen molar-refractivity contribution in [2.45, 2.75) is 38.5 Å². The van der Waals surface area contributed by atoms with Crippen LogP contribution < -0.4 is 4.74 Å². The lowest BCUT2D eigenvalue weighted by atomic mass is 9.73.